The number of aromatic nitrogens is 4. The Morgan fingerprint density at radius 1 is 1.29 bits per heavy atom. The molecule has 2 aromatic heterocycles. The number of hydrogen-bond donors (Lipinski definition) is 1. The number of nitrogens with zero attached hydrogens (tertiary/aromatic N) is 4. The number of benzene rings is 1. The van der Waals surface area contributed by atoms with Gasteiger partial charge in [0, 0.05) is 12.1 Å². The van der Waals surface area contributed by atoms with E-state index in [1.54, 1.807) is 0 Å². The van der Waals surface area contributed by atoms with Crippen LogP contribution in [0.25, 0.3) is 5.69 Å². The first-order valence-corrected chi connectivity index (χ1v) is 7.00. The van der Waals surface area contributed by atoms with Gasteiger partial charge >= 0.3 is 11.3 Å². The van der Waals surface area contributed by atoms with Crippen LogP contribution in [0.1, 0.15) is 16.3 Å². The molecule has 0 saturated carbocycles. The fraction of sp³-hybridized carbons (Fsp3) is 0.154. The van der Waals surface area contributed by atoms with E-state index in [2.05, 4.69) is 20.5 Å². The minimum atomic E-state index is -0.499. The Hall–Kier alpha value is -2.61. The highest BCUT2D eigenvalue weighted by Crippen LogP contribution is 2.16. The summed E-state index contributed by atoms with van der Waals surface area (Å²) in [4.78, 5) is 15.9. The fourth-order valence-corrected chi connectivity index (χ4v) is 2.26. The van der Waals surface area contributed by atoms with Gasteiger partial charge in [-0.1, -0.05) is 29.0 Å². The summed E-state index contributed by atoms with van der Waals surface area (Å²) in [5, 5.41) is 11.6. The number of aromatic amines is 1. The van der Waals surface area contributed by atoms with Crippen molar-refractivity contribution < 1.29 is 9.20 Å². The number of nitrogens with one attached hydrogen (secondary N) is 1. The van der Waals surface area contributed by atoms with Gasteiger partial charge in [0.25, 0.3) is 0 Å². The molecule has 8 heteroatoms. The molecule has 2 heterocycles. The maximum Gasteiger partial charge on any atom is 0.436 e. The zero-order valence-electron chi connectivity index (χ0n) is 11.4. The Balaban J connectivity index is 1.99. The molecule has 3 rings (SSSR count). The van der Waals surface area contributed by atoms with Crippen LogP contribution < -0.4 is 10.3 Å². The molecule has 0 aliphatic carbocycles. The molecule has 21 heavy (non-hydrogen) atoms. The maximum absolute atomic E-state index is 11.8. The Morgan fingerprint density at radius 3 is 2.71 bits per heavy atom. The number of hydrogen-bond acceptors (Lipinski definition) is 6. The van der Waals surface area contributed by atoms with E-state index in [4.69, 9.17) is 4.52 Å². The molecule has 7 nitrogen and oxygen atoms in total. The van der Waals surface area contributed by atoms with Crippen molar-refractivity contribution in [2.75, 3.05) is 0 Å². The zero-order chi connectivity index (χ0) is 14.8. The van der Waals surface area contributed by atoms with E-state index >= 15 is 0 Å². The van der Waals surface area contributed by atoms with E-state index in [-0.39, 0.29) is 5.69 Å². The molecule has 0 unspecified atom stereocenters. The predicted molar refractivity (Wildman–Crippen MR) is 77.5 cm³/mol. The van der Waals surface area contributed by atoms with Crippen LogP contribution in [0.4, 0.5) is 5.13 Å². The molecular formula is C13H12N5O2S+. The number of aliphatic imine (C=N–C) groups is 1. The van der Waals surface area contributed by atoms with E-state index in [9.17, 15) is 4.79 Å². The summed E-state index contributed by atoms with van der Waals surface area (Å²) < 4.78 is 6.36. The van der Waals surface area contributed by atoms with E-state index in [1.165, 1.54) is 22.2 Å². The van der Waals surface area contributed by atoms with E-state index < -0.39 is 5.63 Å². The molecule has 0 aliphatic rings. The first-order valence-electron chi connectivity index (χ1n) is 6.18. The molecule has 0 fully saturated rings. The quantitative estimate of drug-likeness (QED) is 0.586. The smallest absolute Gasteiger partial charge is 0.282 e. The lowest BCUT2D eigenvalue weighted by molar-refractivity contribution is -0.671. The van der Waals surface area contributed by atoms with Gasteiger partial charge in [0.05, 0.1) is 0 Å². The van der Waals surface area contributed by atoms with Crippen molar-refractivity contribution in [1.29, 1.82) is 0 Å². The standard InChI is InChI=1S/C13H11N5O2S/c1-8-3-5-10(6-4-8)18-11(12(19)20-17-18)7-14-13-16-15-9(2)21-13/h3-7H,1-2H3/p+1. The minimum Gasteiger partial charge on any atom is -0.282 e. The zero-order valence-corrected chi connectivity index (χ0v) is 12.2. The second-order valence-electron chi connectivity index (χ2n) is 4.40. The SMILES string of the molecule is Cc1ccc(-[n+]2[nH]oc(=O)c2C=Nc2nnc(C)s2)cc1. The predicted octanol–water partition coefficient (Wildman–Crippen LogP) is 1.46. The van der Waals surface area contributed by atoms with Crippen LogP contribution in [0.2, 0.25) is 0 Å². The lowest BCUT2D eigenvalue weighted by Gasteiger charge is -1.92. The Kier molecular flexibility index (Phi) is 3.44. The summed E-state index contributed by atoms with van der Waals surface area (Å²) in [6, 6.07) is 7.66. The van der Waals surface area contributed by atoms with Gasteiger partial charge in [-0.25, -0.2) is 9.79 Å². The van der Waals surface area contributed by atoms with Crippen LogP contribution in [0, 0.1) is 13.8 Å². The van der Waals surface area contributed by atoms with Crippen molar-refractivity contribution >= 4 is 22.7 Å². The van der Waals surface area contributed by atoms with Gasteiger partial charge in [0.1, 0.15) is 11.2 Å². The Labute approximate surface area is 123 Å². The first-order chi connectivity index (χ1) is 10.1. The summed E-state index contributed by atoms with van der Waals surface area (Å²) in [5.41, 5.74) is 1.69. The molecule has 1 aromatic carbocycles. The molecule has 106 valence electrons. The molecule has 1 N–H and O–H groups in total. The second-order valence-corrected chi connectivity index (χ2v) is 5.56. The summed E-state index contributed by atoms with van der Waals surface area (Å²) in [6.45, 7) is 3.83. The molecule has 0 atom stereocenters. The van der Waals surface area contributed by atoms with Gasteiger partial charge in [0.15, 0.2) is 0 Å². The summed E-state index contributed by atoms with van der Waals surface area (Å²) >= 11 is 1.35. The topological polar surface area (TPSA) is 88.0 Å². The monoisotopic (exact) mass is 302 g/mol. The molecule has 3 aromatic rings. The molecule has 0 saturated heterocycles. The van der Waals surface area contributed by atoms with Crippen LogP contribution in [0.5, 0.6) is 0 Å². The van der Waals surface area contributed by atoms with Gasteiger partial charge in [-0.3, -0.25) is 4.52 Å². The molecule has 0 aliphatic heterocycles. The molecule has 0 amide bonds. The summed E-state index contributed by atoms with van der Waals surface area (Å²) in [6.07, 6.45) is 1.42. The number of H-pyrrole nitrogens is 1. The Bertz CT molecular complexity index is 844. The van der Waals surface area contributed by atoms with Crippen LogP contribution in [0.3, 0.4) is 0 Å². The van der Waals surface area contributed by atoms with Crippen molar-refractivity contribution in [3.63, 3.8) is 0 Å². The van der Waals surface area contributed by atoms with E-state index in [0.29, 0.717) is 5.13 Å². The van der Waals surface area contributed by atoms with Crippen molar-refractivity contribution in [3.05, 3.63) is 51.0 Å². The van der Waals surface area contributed by atoms with Crippen molar-refractivity contribution in [2.45, 2.75) is 13.8 Å². The third-order valence-corrected chi connectivity index (χ3v) is 3.53. The number of aryl methyl sites for hydroxylation is 2. The minimum absolute atomic E-state index is 0.284. The van der Waals surface area contributed by atoms with Crippen LogP contribution in [0.15, 0.2) is 38.6 Å². The largest absolute Gasteiger partial charge is 0.436 e. The van der Waals surface area contributed by atoms with Gasteiger partial charge < -0.3 is 0 Å². The van der Waals surface area contributed by atoms with E-state index in [1.807, 2.05) is 38.1 Å². The molecule has 0 spiro atoms. The van der Waals surface area contributed by atoms with Crippen molar-refractivity contribution in [1.82, 2.24) is 15.5 Å². The maximum atomic E-state index is 11.8. The fourth-order valence-electron chi connectivity index (χ4n) is 1.73. The Morgan fingerprint density at radius 2 is 2.05 bits per heavy atom. The lowest BCUT2D eigenvalue weighted by Crippen LogP contribution is -2.38. The molecule has 0 radical (unpaired) electrons. The van der Waals surface area contributed by atoms with E-state index in [0.717, 1.165) is 16.3 Å². The number of rotatable bonds is 3. The second kappa shape index (κ2) is 5.41. The third-order valence-electron chi connectivity index (χ3n) is 2.78. The average Bonchev–Trinajstić information content (AvgIpc) is 3.04. The molecule has 0 bridgehead atoms. The van der Waals surface area contributed by atoms with Crippen LogP contribution in [-0.4, -0.2) is 21.7 Å². The summed E-state index contributed by atoms with van der Waals surface area (Å²) in [5.74, 6) is 0. The highest BCUT2D eigenvalue weighted by molar-refractivity contribution is 7.14. The average molecular weight is 302 g/mol. The van der Waals surface area contributed by atoms with Crippen LogP contribution >= 0.6 is 11.3 Å². The van der Waals surface area contributed by atoms with Gasteiger partial charge in [-0.2, -0.15) is 0 Å². The van der Waals surface area contributed by atoms with Crippen LogP contribution in [-0.2, 0) is 0 Å². The third kappa shape index (κ3) is 2.79. The normalized spacial score (nSPS) is 11.3. The molecular weight excluding hydrogens is 290 g/mol. The van der Waals surface area contributed by atoms with Gasteiger partial charge in [0.2, 0.25) is 10.8 Å². The highest BCUT2D eigenvalue weighted by atomic mass is 32.1. The van der Waals surface area contributed by atoms with Crippen molar-refractivity contribution in [2.24, 2.45) is 4.99 Å². The van der Waals surface area contributed by atoms with Crippen molar-refractivity contribution in [3.8, 4) is 5.69 Å². The lowest BCUT2D eigenvalue weighted by atomic mass is 10.2. The highest BCUT2D eigenvalue weighted by Gasteiger charge is 2.21. The first kappa shape index (κ1) is 13.4. The van der Waals surface area contributed by atoms with Gasteiger partial charge in [-0.15, -0.1) is 10.2 Å². The summed E-state index contributed by atoms with van der Waals surface area (Å²) in [7, 11) is 0. The van der Waals surface area contributed by atoms with Gasteiger partial charge in [-0.05, 0) is 23.8 Å².